The van der Waals surface area contributed by atoms with E-state index in [0.29, 0.717) is 17.8 Å². The minimum Gasteiger partial charge on any atom is -0.0729 e. The SMILES string of the molecule is CC(C)C1=CC(C(C)C)=C2C=CC=CC12. The molecule has 2 rings (SSSR count). The van der Waals surface area contributed by atoms with Crippen molar-refractivity contribution >= 4 is 0 Å². The molecule has 0 heterocycles. The quantitative estimate of drug-likeness (QED) is 0.624. The van der Waals surface area contributed by atoms with Gasteiger partial charge < -0.3 is 0 Å². The highest BCUT2D eigenvalue weighted by Gasteiger charge is 2.27. The van der Waals surface area contributed by atoms with Crippen molar-refractivity contribution in [1.82, 2.24) is 0 Å². The van der Waals surface area contributed by atoms with Gasteiger partial charge in [0.2, 0.25) is 0 Å². The molecule has 0 heteroatoms. The van der Waals surface area contributed by atoms with E-state index in [1.807, 2.05) is 0 Å². The molecule has 0 amide bonds. The first-order chi connectivity index (χ1) is 7.11. The first-order valence-electron chi connectivity index (χ1n) is 5.91. The molecule has 0 N–H and O–H groups in total. The Labute approximate surface area is 93.1 Å². The van der Waals surface area contributed by atoms with Gasteiger partial charge in [-0.2, -0.15) is 0 Å². The lowest BCUT2D eigenvalue weighted by molar-refractivity contribution is 0.694. The number of hydrogen-bond donors (Lipinski definition) is 0. The fraction of sp³-hybridized carbons (Fsp3) is 0.467. The van der Waals surface area contributed by atoms with Crippen molar-refractivity contribution in [2.45, 2.75) is 27.7 Å². The smallest absolute Gasteiger partial charge is 0.0240 e. The summed E-state index contributed by atoms with van der Waals surface area (Å²) in [6.45, 7) is 9.15. The van der Waals surface area contributed by atoms with Gasteiger partial charge in [0, 0.05) is 5.92 Å². The lowest BCUT2D eigenvalue weighted by atomic mass is 9.85. The highest BCUT2D eigenvalue weighted by molar-refractivity contribution is 5.53. The average Bonchev–Trinajstić information content (AvgIpc) is 2.56. The summed E-state index contributed by atoms with van der Waals surface area (Å²) in [5.74, 6) is 1.85. The first-order valence-corrected chi connectivity index (χ1v) is 5.91. The summed E-state index contributed by atoms with van der Waals surface area (Å²) in [4.78, 5) is 0. The number of allylic oxidation sites excluding steroid dienone is 8. The molecule has 1 atom stereocenters. The predicted molar refractivity (Wildman–Crippen MR) is 66.6 cm³/mol. The molecule has 0 aromatic heterocycles. The molecule has 0 radical (unpaired) electrons. The monoisotopic (exact) mass is 200 g/mol. The van der Waals surface area contributed by atoms with Crippen LogP contribution in [0.25, 0.3) is 0 Å². The summed E-state index contributed by atoms with van der Waals surface area (Å²) in [6.07, 6.45) is 11.4. The predicted octanol–water partition coefficient (Wildman–Crippen LogP) is 4.28. The van der Waals surface area contributed by atoms with Gasteiger partial charge in [-0.15, -0.1) is 0 Å². The van der Waals surface area contributed by atoms with E-state index in [-0.39, 0.29) is 0 Å². The molecule has 2 aliphatic rings. The Kier molecular flexibility index (Phi) is 2.68. The van der Waals surface area contributed by atoms with E-state index in [1.54, 1.807) is 5.57 Å². The normalized spacial score (nSPS) is 24.1. The minimum absolute atomic E-state index is 0.562. The van der Waals surface area contributed by atoms with Gasteiger partial charge in [0.05, 0.1) is 0 Å². The summed E-state index contributed by atoms with van der Waals surface area (Å²) in [7, 11) is 0. The minimum atomic E-state index is 0.562. The Hall–Kier alpha value is -1.04. The summed E-state index contributed by atoms with van der Waals surface area (Å²) < 4.78 is 0. The van der Waals surface area contributed by atoms with Crippen LogP contribution in [0, 0.1) is 17.8 Å². The van der Waals surface area contributed by atoms with Crippen molar-refractivity contribution in [3.63, 3.8) is 0 Å². The molecule has 0 fully saturated rings. The van der Waals surface area contributed by atoms with Crippen molar-refractivity contribution in [2.24, 2.45) is 17.8 Å². The van der Waals surface area contributed by atoms with Crippen LogP contribution in [0.2, 0.25) is 0 Å². The maximum absolute atomic E-state index is 2.43. The zero-order valence-corrected chi connectivity index (χ0v) is 10.1. The van der Waals surface area contributed by atoms with Gasteiger partial charge in [0.15, 0.2) is 0 Å². The van der Waals surface area contributed by atoms with Gasteiger partial charge in [0.25, 0.3) is 0 Å². The highest BCUT2D eigenvalue weighted by atomic mass is 14.3. The Morgan fingerprint density at radius 3 is 2.33 bits per heavy atom. The van der Waals surface area contributed by atoms with E-state index >= 15 is 0 Å². The topological polar surface area (TPSA) is 0 Å². The Balaban J connectivity index is 2.42. The second-order valence-corrected chi connectivity index (χ2v) is 5.09. The standard InChI is InChI=1S/C15H20/c1-10(2)14-9-15(11(3)4)13-8-6-5-7-12(13)14/h5-12H,1-4H3. The van der Waals surface area contributed by atoms with E-state index in [2.05, 4.69) is 58.1 Å². The molecule has 0 spiro atoms. The zero-order valence-electron chi connectivity index (χ0n) is 10.1. The van der Waals surface area contributed by atoms with E-state index < -0.39 is 0 Å². The van der Waals surface area contributed by atoms with Crippen LogP contribution >= 0.6 is 0 Å². The molecular formula is C15H20. The fourth-order valence-corrected chi connectivity index (χ4v) is 2.49. The lowest BCUT2D eigenvalue weighted by Crippen LogP contribution is -2.07. The molecule has 0 saturated heterocycles. The van der Waals surface area contributed by atoms with Gasteiger partial charge in [-0.05, 0) is 23.0 Å². The molecule has 2 aliphatic carbocycles. The molecule has 0 saturated carbocycles. The summed E-state index contributed by atoms with van der Waals surface area (Å²) in [6, 6.07) is 0. The largest absolute Gasteiger partial charge is 0.0729 e. The number of rotatable bonds is 2. The molecular weight excluding hydrogens is 180 g/mol. The lowest BCUT2D eigenvalue weighted by Gasteiger charge is -2.19. The van der Waals surface area contributed by atoms with Crippen molar-refractivity contribution in [2.75, 3.05) is 0 Å². The van der Waals surface area contributed by atoms with Crippen molar-refractivity contribution in [3.05, 3.63) is 47.1 Å². The fourth-order valence-electron chi connectivity index (χ4n) is 2.49. The average molecular weight is 200 g/mol. The second-order valence-electron chi connectivity index (χ2n) is 5.09. The third kappa shape index (κ3) is 1.73. The van der Waals surface area contributed by atoms with Crippen LogP contribution in [-0.4, -0.2) is 0 Å². The summed E-state index contributed by atoms with van der Waals surface area (Å²) >= 11 is 0. The van der Waals surface area contributed by atoms with Gasteiger partial charge >= 0.3 is 0 Å². The Morgan fingerprint density at radius 2 is 1.73 bits per heavy atom. The third-order valence-electron chi connectivity index (χ3n) is 3.33. The van der Waals surface area contributed by atoms with Crippen molar-refractivity contribution < 1.29 is 0 Å². The molecule has 0 aromatic carbocycles. The van der Waals surface area contributed by atoms with E-state index in [4.69, 9.17) is 0 Å². The molecule has 0 bridgehead atoms. The van der Waals surface area contributed by atoms with Crippen molar-refractivity contribution in [3.8, 4) is 0 Å². The van der Waals surface area contributed by atoms with Crippen molar-refractivity contribution in [1.29, 1.82) is 0 Å². The van der Waals surface area contributed by atoms with Gasteiger partial charge in [-0.1, -0.05) is 63.6 Å². The van der Waals surface area contributed by atoms with Gasteiger partial charge in [-0.25, -0.2) is 0 Å². The van der Waals surface area contributed by atoms with Crippen LogP contribution in [-0.2, 0) is 0 Å². The third-order valence-corrected chi connectivity index (χ3v) is 3.33. The van der Waals surface area contributed by atoms with E-state index in [9.17, 15) is 0 Å². The molecule has 15 heavy (non-hydrogen) atoms. The van der Waals surface area contributed by atoms with Crippen LogP contribution in [0.15, 0.2) is 47.1 Å². The maximum atomic E-state index is 2.43. The van der Waals surface area contributed by atoms with Crippen LogP contribution < -0.4 is 0 Å². The summed E-state index contributed by atoms with van der Waals surface area (Å²) in [5.41, 5.74) is 4.63. The highest BCUT2D eigenvalue weighted by Crippen LogP contribution is 2.41. The van der Waals surface area contributed by atoms with Crippen LogP contribution in [0.5, 0.6) is 0 Å². The number of hydrogen-bond acceptors (Lipinski definition) is 0. The van der Waals surface area contributed by atoms with E-state index in [1.165, 1.54) is 11.1 Å². The Bertz CT molecular complexity index is 373. The van der Waals surface area contributed by atoms with E-state index in [0.717, 1.165) is 0 Å². The van der Waals surface area contributed by atoms with Gasteiger partial charge in [-0.3, -0.25) is 0 Å². The number of fused-ring (bicyclic) bond motifs is 1. The molecule has 1 unspecified atom stereocenters. The maximum Gasteiger partial charge on any atom is 0.0240 e. The molecule has 0 aliphatic heterocycles. The first kappa shape index (κ1) is 10.5. The zero-order chi connectivity index (χ0) is 11.0. The Morgan fingerprint density at radius 1 is 1.00 bits per heavy atom. The molecule has 0 nitrogen and oxygen atoms in total. The summed E-state index contributed by atoms with van der Waals surface area (Å²) in [5, 5.41) is 0. The van der Waals surface area contributed by atoms with Crippen LogP contribution in [0.4, 0.5) is 0 Å². The molecule has 80 valence electrons. The van der Waals surface area contributed by atoms with Gasteiger partial charge in [0.1, 0.15) is 0 Å². The second kappa shape index (κ2) is 3.84. The van der Waals surface area contributed by atoms with Crippen LogP contribution in [0.1, 0.15) is 27.7 Å². The van der Waals surface area contributed by atoms with Crippen LogP contribution in [0.3, 0.4) is 0 Å². The molecule has 0 aromatic rings.